The smallest absolute Gasteiger partial charge is 0.319 e. The van der Waals surface area contributed by atoms with Crippen molar-refractivity contribution in [3.63, 3.8) is 0 Å². The summed E-state index contributed by atoms with van der Waals surface area (Å²) in [5, 5.41) is 13.9. The van der Waals surface area contributed by atoms with E-state index in [1.807, 2.05) is 0 Å². The molecule has 0 fully saturated rings. The predicted molar refractivity (Wildman–Crippen MR) is 74.9 cm³/mol. The number of urea groups is 1. The summed E-state index contributed by atoms with van der Waals surface area (Å²) in [6.07, 6.45) is 0.367. The minimum Gasteiger partial charge on any atom is -0.481 e. The van der Waals surface area contributed by atoms with Gasteiger partial charge in [0, 0.05) is 17.8 Å². The Morgan fingerprint density at radius 2 is 1.80 bits per heavy atom. The van der Waals surface area contributed by atoms with Crippen molar-refractivity contribution in [2.45, 2.75) is 20.3 Å². The van der Waals surface area contributed by atoms with E-state index >= 15 is 0 Å². The highest BCUT2D eigenvalue weighted by atomic mass is 16.4. The molecule has 1 atom stereocenters. The van der Waals surface area contributed by atoms with Crippen molar-refractivity contribution in [2.24, 2.45) is 5.92 Å². The summed E-state index contributed by atoms with van der Waals surface area (Å²) >= 11 is 0. The van der Waals surface area contributed by atoms with Gasteiger partial charge in [0.05, 0.1) is 5.92 Å². The fraction of sp³-hybridized carbons (Fsp3) is 0.357. The largest absolute Gasteiger partial charge is 0.481 e. The van der Waals surface area contributed by atoms with Crippen LogP contribution < -0.4 is 10.6 Å². The molecule has 0 heterocycles. The second-order valence-electron chi connectivity index (χ2n) is 4.54. The van der Waals surface area contributed by atoms with Crippen molar-refractivity contribution in [3.8, 4) is 0 Å². The van der Waals surface area contributed by atoms with Crippen LogP contribution in [0.5, 0.6) is 0 Å². The highest BCUT2D eigenvalue weighted by Crippen LogP contribution is 2.09. The molecule has 108 valence electrons. The average molecular weight is 278 g/mol. The molecule has 6 heteroatoms. The van der Waals surface area contributed by atoms with Crippen molar-refractivity contribution < 1.29 is 19.5 Å². The summed E-state index contributed by atoms with van der Waals surface area (Å²) in [4.78, 5) is 33.2. The molecule has 0 saturated heterocycles. The Kier molecular flexibility index (Phi) is 5.71. The molecule has 2 amide bonds. The van der Waals surface area contributed by atoms with Crippen molar-refractivity contribution in [1.29, 1.82) is 0 Å². The number of aliphatic carboxylic acids is 1. The number of nitrogens with one attached hydrogen (secondary N) is 2. The molecule has 0 radical (unpaired) electrons. The average Bonchev–Trinajstić information content (AvgIpc) is 2.39. The van der Waals surface area contributed by atoms with Gasteiger partial charge in [0.2, 0.25) is 0 Å². The van der Waals surface area contributed by atoms with Crippen LogP contribution in [0.25, 0.3) is 0 Å². The normalized spacial score (nSPS) is 11.5. The number of carboxylic acid groups (broad SMARTS) is 1. The summed E-state index contributed by atoms with van der Waals surface area (Å²) < 4.78 is 0. The molecule has 0 aliphatic heterocycles. The van der Waals surface area contributed by atoms with Crippen LogP contribution in [-0.4, -0.2) is 29.4 Å². The molecule has 0 bridgehead atoms. The predicted octanol–water partition coefficient (Wildman–Crippen LogP) is 2.12. The van der Waals surface area contributed by atoms with Crippen LogP contribution in [0.3, 0.4) is 0 Å². The number of hydrogen-bond acceptors (Lipinski definition) is 3. The lowest BCUT2D eigenvalue weighted by Crippen LogP contribution is -2.31. The molecular formula is C14H18N2O4. The number of carbonyl (C=O) groups is 3. The van der Waals surface area contributed by atoms with Crippen molar-refractivity contribution in [2.75, 3.05) is 11.9 Å². The minimum atomic E-state index is -0.882. The van der Waals surface area contributed by atoms with E-state index < -0.39 is 17.9 Å². The van der Waals surface area contributed by atoms with Crippen LogP contribution >= 0.6 is 0 Å². The van der Waals surface area contributed by atoms with Gasteiger partial charge in [0.1, 0.15) is 0 Å². The molecule has 1 unspecified atom stereocenters. The molecule has 0 aromatic heterocycles. The molecule has 1 aromatic rings. The first kappa shape index (κ1) is 15.7. The Hall–Kier alpha value is -2.37. The lowest BCUT2D eigenvalue weighted by atomic mass is 10.1. The SMILES string of the molecule is CC(=O)c1ccc(NC(=O)NCCC(C)C(=O)O)cc1. The molecule has 6 nitrogen and oxygen atoms in total. The number of rotatable bonds is 6. The molecule has 1 aromatic carbocycles. The quantitative estimate of drug-likeness (QED) is 0.694. The number of anilines is 1. The zero-order valence-electron chi connectivity index (χ0n) is 11.5. The summed E-state index contributed by atoms with van der Waals surface area (Å²) in [7, 11) is 0. The van der Waals surface area contributed by atoms with E-state index in [1.54, 1.807) is 31.2 Å². The third kappa shape index (κ3) is 5.09. The fourth-order valence-corrected chi connectivity index (χ4v) is 1.49. The van der Waals surface area contributed by atoms with Gasteiger partial charge in [0.15, 0.2) is 5.78 Å². The van der Waals surface area contributed by atoms with E-state index in [-0.39, 0.29) is 12.3 Å². The Morgan fingerprint density at radius 1 is 1.20 bits per heavy atom. The summed E-state index contributed by atoms with van der Waals surface area (Å²) in [6.45, 7) is 3.34. The zero-order valence-corrected chi connectivity index (χ0v) is 11.5. The maximum atomic E-state index is 11.5. The third-order valence-electron chi connectivity index (χ3n) is 2.83. The Morgan fingerprint density at radius 3 is 2.30 bits per heavy atom. The summed E-state index contributed by atoms with van der Waals surface area (Å²) in [5.74, 6) is -1.42. The molecular weight excluding hydrogens is 260 g/mol. The van der Waals surface area contributed by atoms with Gasteiger partial charge in [-0.15, -0.1) is 0 Å². The monoisotopic (exact) mass is 278 g/mol. The number of ketones is 1. The van der Waals surface area contributed by atoms with Gasteiger partial charge in [-0.2, -0.15) is 0 Å². The Labute approximate surface area is 117 Å². The molecule has 0 aliphatic carbocycles. The first-order chi connectivity index (χ1) is 9.40. The molecule has 0 spiro atoms. The van der Waals surface area contributed by atoms with E-state index in [4.69, 9.17) is 5.11 Å². The number of amides is 2. The second kappa shape index (κ2) is 7.28. The van der Waals surface area contributed by atoms with Crippen LogP contribution in [0.1, 0.15) is 30.6 Å². The number of carboxylic acids is 1. The van der Waals surface area contributed by atoms with Crippen molar-refractivity contribution in [1.82, 2.24) is 5.32 Å². The van der Waals surface area contributed by atoms with Crippen LogP contribution in [0.15, 0.2) is 24.3 Å². The van der Waals surface area contributed by atoms with Gasteiger partial charge in [-0.1, -0.05) is 6.92 Å². The zero-order chi connectivity index (χ0) is 15.1. The van der Waals surface area contributed by atoms with Crippen molar-refractivity contribution >= 4 is 23.5 Å². The number of hydrogen-bond donors (Lipinski definition) is 3. The van der Waals surface area contributed by atoms with E-state index in [0.717, 1.165) is 0 Å². The molecule has 3 N–H and O–H groups in total. The van der Waals surface area contributed by atoms with Gasteiger partial charge in [0.25, 0.3) is 0 Å². The van der Waals surface area contributed by atoms with Gasteiger partial charge in [-0.3, -0.25) is 9.59 Å². The third-order valence-corrected chi connectivity index (χ3v) is 2.83. The maximum absolute atomic E-state index is 11.5. The fourth-order valence-electron chi connectivity index (χ4n) is 1.49. The second-order valence-corrected chi connectivity index (χ2v) is 4.54. The van der Waals surface area contributed by atoms with Gasteiger partial charge >= 0.3 is 12.0 Å². The molecule has 0 saturated carbocycles. The minimum absolute atomic E-state index is 0.0383. The first-order valence-corrected chi connectivity index (χ1v) is 6.29. The Bertz CT molecular complexity index is 496. The highest BCUT2D eigenvalue weighted by molar-refractivity contribution is 5.95. The lowest BCUT2D eigenvalue weighted by Gasteiger charge is -2.09. The van der Waals surface area contributed by atoms with E-state index in [0.29, 0.717) is 17.7 Å². The number of benzene rings is 1. The van der Waals surface area contributed by atoms with E-state index in [2.05, 4.69) is 10.6 Å². The number of Topliss-reactive ketones (excluding diaryl/α,β-unsaturated/α-hetero) is 1. The highest BCUT2D eigenvalue weighted by Gasteiger charge is 2.10. The summed E-state index contributed by atoms with van der Waals surface area (Å²) in [6, 6.07) is 6.12. The van der Waals surface area contributed by atoms with Crippen LogP contribution in [-0.2, 0) is 4.79 Å². The first-order valence-electron chi connectivity index (χ1n) is 6.29. The van der Waals surface area contributed by atoms with E-state index in [9.17, 15) is 14.4 Å². The standard InChI is InChI=1S/C14H18N2O4/c1-9(13(18)19)7-8-15-14(20)16-12-5-3-11(4-6-12)10(2)17/h3-6,9H,7-8H2,1-2H3,(H,18,19)(H2,15,16,20). The van der Waals surface area contributed by atoms with Crippen molar-refractivity contribution in [3.05, 3.63) is 29.8 Å². The van der Waals surface area contributed by atoms with Crippen LogP contribution in [0.4, 0.5) is 10.5 Å². The van der Waals surface area contributed by atoms with Gasteiger partial charge < -0.3 is 15.7 Å². The number of carbonyl (C=O) groups excluding carboxylic acids is 2. The van der Waals surface area contributed by atoms with Crippen LogP contribution in [0.2, 0.25) is 0 Å². The summed E-state index contributed by atoms with van der Waals surface area (Å²) in [5.41, 5.74) is 1.14. The topological polar surface area (TPSA) is 95.5 Å². The Balaban J connectivity index is 2.39. The van der Waals surface area contributed by atoms with Crippen LogP contribution in [0, 0.1) is 5.92 Å². The van der Waals surface area contributed by atoms with Gasteiger partial charge in [-0.05, 0) is 37.6 Å². The maximum Gasteiger partial charge on any atom is 0.319 e. The van der Waals surface area contributed by atoms with Gasteiger partial charge in [-0.25, -0.2) is 4.79 Å². The molecule has 0 aliphatic rings. The molecule has 20 heavy (non-hydrogen) atoms. The lowest BCUT2D eigenvalue weighted by molar-refractivity contribution is -0.141. The molecule has 1 rings (SSSR count). The van der Waals surface area contributed by atoms with E-state index in [1.165, 1.54) is 6.92 Å².